The second-order valence-electron chi connectivity index (χ2n) is 2.80. The molecule has 14 heavy (non-hydrogen) atoms. The van der Waals surface area contributed by atoms with E-state index in [4.69, 9.17) is 0 Å². The van der Waals surface area contributed by atoms with Crippen molar-refractivity contribution in [3.63, 3.8) is 0 Å². The Morgan fingerprint density at radius 2 is 2.43 bits per heavy atom. The Hall–Kier alpha value is -1.40. The van der Waals surface area contributed by atoms with Crippen molar-refractivity contribution in [2.75, 3.05) is 7.11 Å². The number of methoxy groups -OCH3 is 1. The van der Waals surface area contributed by atoms with Crippen LogP contribution < -0.4 is 0 Å². The Kier molecular flexibility index (Phi) is 3.61. The van der Waals surface area contributed by atoms with Crippen LogP contribution in [0.2, 0.25) is 0 Å². The highest BCUT2D eigenvalue weighted by Gasteiger charge is 2.22. The van der Waals surface area contributed by atoms with Crippen molar-refractivity contribution < 1.29 is 19.7 Å². The zero-order valence-electron chi connectivity index (χ0n) is 7.67. The minimum absolute atomic E-state index is 0.253. The molecule has 3 N–H and O–H groups in total. The van der Waals surface area contributed by atoms with Crippen LogP contribution in [0.25, 0.3) is 0 Å². The molecule has 0 aliphatic rings. The number of hydrogen-bond donors (Lipinski definition) is 3. The van der Waals surface area contributed by atoms with Crippen LogP contribution in [0.3, 0.4) is 0 Å². The molecule has 0 saturated heterocycles. The molecule has 0 aromatic carbocycles. The van der Waals surface area contributed by atoms with Gasteiger partial charge in [0.1, 0.15) is 6.10 Å². The van der Waals surface area contributed by atoms with Crippen molar-refractivity contribution in [1.82, 2.24) is 10.2 Å². The second-order valence-corrected chi connectivity index (χ2v) is 2.80. The van der Waals surface area contributed by atoms with Crippen LogP contribution in [0.5, 0.6) is 0 Å². The highest BCUT2D eigenvalue weighted by Crippen LogP contribution is 2.16. The zero-order chi connectivity index (χ0) is 10.6. The van der Waals surface area contributed by atoms with Crippen LogP contribution in [0.1, 0.15) is 18.2 Å². The molecule has 0 spiro atoms. The van der Waals surface area contributed by atoms with E-state index in [0.717, 1.165) is 0 Å². The van der Waals surface area contributed by atoms with Gasteiger partial charge in [0.15, 0.2) is 0 Å². The monoisotopic (exact) mass is 200 g/mol. The van der Waals surface area contributed by atoms with Crippen LogP contribution in [0, 0.1) is 0 Å². The quantitative estimate of drug-likeness (QED) is 0.562. The van der Waals surface area contributed by atoms with E-state index in [1.807, 2.05) is 0 Å². The summed E-state index contributed by atoms with van der Waals surface area (Å²) in [6, 6.07) is 1.52. The van der Waals surface area contributed by atoms with Crippen molar-refractivity contribution in [3.8, 4) is 0 Å². The van der Waals surface area contributed by atoms with E-state index in [2.05, 4.69) is 14.9 Å². The average molecular weight is 200 g/mol. The number of hydrogen-bond acceptors (Lipinski definition) is 5. The Morgan fingerprint density at radius 1 is 1.71 bits per heavy atom. The predicted octanol–water partition coefficient (Wildman–Crippen LogP) is -0.633. The van der Waals surface area contributed by atoms with Gasteiger partial charge in [0.25, 0.3) is 0 Å². The van der Waals surface area contributed by atoms with Crippen molar-refractivity contribution >= 4 is 5.97 Å². The molecule has 1 aromatic rings. The molecular formula is C8H12N2O4. The van der Waals surface area contributed by atoms with Crippen LogP contribution in [-0.4, -0.2) is 39.6 Å². The summed E-state index contributed by atoms with van der Waals surface area (Å²) in [6.45, 7) is 0. The van der Waals surface area contributed by atoms with E-state index in [-0.39, 0.29) is 6.42 Å². The fraction of sp³-hybridized carbons (Fsp3) is 0.500. The lowest BCUT2D eigenvalue weighted by molar-refractivity contribution is -0.144. The Bertz CT molecular complexity index is 286. The SMILES string of the molecule is COC(=O)CC(O)C(O)c1ccn[nH]1. The maximum absolute atomic E-state index is 10.8. The molecule has 0 bridgehead atoms. The van der Waals surface area contributed by atoms with E-state index in [9.17, 15) is 15.0 Å². The van der Waals surface area contributed by atoms with Crippen LogP contribution in [0.4, 0.5) is 0 Å². The van der Waals surface area contributed by atoms with Crippen molar-refractivity contribution in [3.05, 3.63) is 18.0 Å². The van der Waals surface area contributed by atoms with Gasteiger partial charge in [-0.15, -0.1) is 0 Å². The van der Waals surface area contributed by atoms with Crippen LogP contribution in [-0.2, 0) is 9.53 Å². The minimum atomic E-state index is -1.19. The number of carbonyl (C=O) groups excluding carboxylic acids is 1. The van der Waals surface area contributed by atoms with Gasteiger partial charge in [0.05, 0.1) is 25.3 Å². The first kappa shape index (κ1) is 10.7. The predicted molar refractivity (Wildman–Crippen MR) is 46.2 cm³/mol. The summed E-state index contributed by atoms with van der Waals surface area (Å²) in [6.07, 6.45) is -1.15. The number of aromatic amines is 1. The highest BCUT2D eigenvalue weighted by atomic mass is 16.5. The van der Waals surface area contributed by atoms with E-state index in [1.165, 1.54) is 19.4 Å². The summed E-state index contributed by atoms with van der Waals surface area (Å²) in [5.41, 5.74) is 0.362. The molecule has 1 aromatic heterocycles. The fourth-order valence-corrected chi connectivity index (χ4v) is 1.00. The number of rotatable bonds is 4. The van der Waals surface area contributed by atoms with E-state index in [0.29, 0.717) is 5.69 Å². The van der Waals surface area contributed by atoms with Gasteiger partial charge in [0.2, 0.25) is 0 Å². The standard InChI is InChI=1S/C8H12N2O4/c1-14-7(12)4-6(11)8(13)5-2-3-9-10-5/h2-3,6,8,11,13H,4H2,1H3,(H,9,10). The molecule has 1 rings (SSSR count). The number of aromatic nitrogens is 2. The molecule has 0 aliphatic carbocycles. The van der Waals surface area contributed by atoms with Gasteiger partial charge in [-0.3, -0.25) is 9.89 Å². The molecule has 0 aliphatic heterocycles. The number of H-pyrrole nitrogens is 1. The third kappa shape index (κ3) is 2.54. The maximum Gasteiger partial charge on any atom is 0.308 e. The summed E-state index contributed by atoms with van der Waals surface area (Å²) < 4.78 is 4.35. The number of carbonyl (C=O) groups is 1. The Balaban J connectivity index is 2.53. The summed E-state index contributed by atoms with van der Waals surface area (Å²) in [5.74, 6) is -0.573. The van der Waals surface area contributed by atoms with Crippen molar-refractivity contribution in [2.45, 2.75) is 18.6 Å². The van der Waals surface area contributed by atoms with E-state index >= 15 is 0 Å². The smallest absolute Gasteiger partial charge is 0.308 e. The molecule has 2 atom stereocenters. The molecule has 78 valence electrons. The molecule has 0 radical (unpaired) electrons. The lowest BCUT2D eigenvalue weighted by Gasteiger charge is -2.14. The van der Waals surface area contributed by atoms with Gasteiger partial charge in [-0.25, -0.2) is 0 Å². The normalized spacial score (nSPS) is 14.8. The Morgan fingerprint density at radius 3 is 2.93 bits per heavy atom. The molecule has 0 fully saturated rings. The molecule has 1 heterocycles. The number of aliphatic hydroxyl groups is 2. The largest absolute Gasteiger partial charge is 0.469 e. The van der Waals surface area contributed by atoms with Gasteiger partial charge in [-0.05, 0) is 6.07 Å². The topological polar surface area (TPSA) is 95.4 Å². The maximum atomic E-state index is 10.8. The average Bonchev–Trinajstić information content (AvgIpc) is 2.69. The molecule has 0 amide bonds. The summed E-state index contributed by atoms with van der Waals surface area (Å²) >= 11 is 0. The van der Waals surface area contributed by atoms with Gasteiger partial charge in [-0.2, -0.15) is 5.10 Å². The Labute approximate surface area is 80.5 Å². The fourth-order valence-electron chi connectivity index (χ4n) is 1.00. The molecule has 0 saturated carbocycles. The minimum Gasteiger partial charge on any atom is -0.469 e. The molecular weight excluding hydrogens is 188 g/mol. The van der Waals surface area contributed by atoms with Crippen LogP contribution >= 0.6 is 0 Å². The molecule has 6 heteroatoms. The first-order chi connectivity index (χ1) is 6.65. The summed E-state index contributed by atoms with van der Waals surface area (Å²) in [7, 11) is 1.22. The molecule has 6 nitrogen and oxygen atoms in total. The van der Waals surface area contributed by atoms with Gasteiger partial charge in [-0.1, -0.05) is 0 Å². The summed E-state index contributed by atoms with van der Waals surface area (Å²) in [4.78, 5) is 10.8. The lowest BCUT2D eigenvalue weighted by Crippen LogP contribution is -2.22. The van der Waals surface area contributed by atoms with Gasteiger partial charge < -0.3 is 14.9 Å². The summed E-state index contributed by atoms with van der Waals surface area (Å²) in [5, 5.41) is 25.0. The number of esters is 1. The number of nitrogens with zero attached hydrogens (tertiary/aromatic N) is 1. The third-order valence-corrected chi connectivity index (χ3v) is 1.81. The van der Waals surface area contributed by atoms with E-state index in [1.54, 1.807) is 0 Å². The zero-order valence-corrected chi connectivity index (χ0v) is 7.67. The molecule has 2 unspecified atom stereocenters. The van der Waals surface area contributed by atoms with Gasteiger partial charge >= 0.3 is 5.97 Å². The third-order valence-electron chi connectivity index (χ3n) is 1.81. The van der Waals surface area contributed by atoms with Crippen molar-refractivity contribution in [2.24, 2.45) is 0 Å². The lowest BCUT2D eigenvalue weighted by atomic mass is 10.1. The highest BCUT2D eigenvalue weighted by molar-refractivity contribution is 5.69. The van der Waals surface area contributed by atoms with E-state index < -0.39 is 18.2 Å². The number of nitrogens with one attached hydrogen (secondary N) is 1. The second kappa shape index (κ2) is 4.73. The number of ether oxygens (including phenoxy) is 1. The van der Waals surface area contributed by atoms with Crippen molar-refractivity contribution in [1.29, 1.82) is 0 Å². The first-order valence-corrected chi connectivity index (χ1v) is 4.07. The van der Waals surface area contributed by atoms with Gasteiger partial charge in [0, 0.05) is 6.20 Å². The first-order valence-electron chi connectivity index (χ1n) is 4.07. The number of aliphatic hydroxyl groups excluding tert-OH is 2. The van der Waals surface area contributed by atoms with Crippen LogP contribution in [0.15, 0.2) is 12.3 Å².